The number of sulfonamides is 1. The molecule has 1 aromatic carbocycles. The number of nitrogens with two attached hydrogens (primary N) is 1. The predicted octanol–water partition coefficient (Wildman–Crippen LogP) is 1.22. The molecule has 0 saturated heterocycles. The van der Waals surface area contributed by atoms with Gasteiger partial charge in [-0.1, -0.05) is 26.0 Å². The molecule has 0 aliphatic carbocycles. The number of hydrogen-bond donors (Lipinski definition) is 1. The Bertz CT molecular complexity index is 436. The molecule has 0 heterocycles. The Morgan fingerprint density at radius 3 is 2.06 bits per heavy atom. The molecule has 0 saturated carbocycles. The molecule has 1 aromatic rings. The summed E-state index contributed by atoms with van der Waals surface area (Å²) in [4.78, 5) is 2.50. The van der Waals surface area contributed by atoms with Crippen LogP contribution in [-0.2, 0) is 16.4 Å². The maximum atomic E-state index is 11.1. The van der Waals surface area contributed by atoms with Gasteiger partial charge >= 0.3 is 0 Å². The Balaban J connectivity index is 2.63. The van der Waals surface area contributed by atoms with Gasteiger partial charge in [0.15, 0.2) is 0 Å². The molecule has 0 aliphatic heterocycles. The van der Waals surface area contributed by atoms with Gasteiger partial charge in [0.2, 0.25) is 10.0 Å². The van der Waals surface area contributed by atoms with Crippen molar-refractivity contribution in [1.82, 2.24) is 4.90 Å². The van der Waals surface area contributed by atoms with Gasteiger partial charge in [0, 0.05) is 6.54 Å². The van der Waals surface area contributed by atoms with Crippen molar-refractivity contribution in [2.24, 2.45) is 5.14 Å². The van der Waals surface area contributed by atoms with E-state index in [9.17, 15) is 8.42 Å². The molecule has 0 fully saturated rings. The van der Waals surface area contributed by atoms with Gasteiger partial charge < -0.3 is 4.90 Å². The van der Waals surface area contributed by atoms with Crippen LogP contribution >= 0.6 is 0 Å². The Labute approximate surface area is 103 Å². The Morgan fingerprint density at radius 2 is 1.65 bits per heavy atom. The van der Waals surface area contributed by atoms with Crippen molar-refractivity contribution in [1.29, 1.82) is 0 Å². The second-order valence-electron chi connectivity index (χ2n) is 3.97. The highest BCUT2D eigenvalue weighted by Gasteiger charge is 2.07. The average Bonchev–Trinajstić information content (AvgIpc) is 2.30. The molecule has 0 atom stereocenters. The van der Waals surface area contributed by atoms with E-state index in [1.807, 2.05) is 12.1 Å². The van der Waals surface area contributed by atoms with Crippen LogP contribution in [0, 0.1) is 0 Å². The fourth-order valence-corrected chi connectivity index (χ4v) is 2.19. The summed E-state index contributed by atoms with van der Waals surface area (Å²) in [6.45, 7) is 7.32. The maximum Gasteiger partial charge on any atom is 0.238 e. The average molecular weight is 256 g/mol. The molecule has 0 aromatic heterocycles. The van der Waals surface area contributed by atoms with E-state index in [4.69, 9.17) is 5.14 Å². The molecule has 0 spiro atoms. The molecule has 0 bridgehead atoms. The van der Waals surface area contributed by atoms with Crippen LogP contribution in [0.4, 0.5) is 0 Å². The maximum absolute atomic E-state index is 11.1. The van der Waals surface area contributed by atoms with E-state index >= 15 is 0 Å². The van der Waals surface area contributed by atoms with Gasteiger partial charge in [-0.3, -0.25) is 0 Å². The Kier molecular flexibility index (Phi) is 5.11. The standard InChI is InChI=1S/C12H20N2O2S/c1-3-14(4-2)10-9-11-5-7-12(8-6-11)17(13,15)16/h5-8H,3-4,9-10H2,1-2H3,(H2,13,15,16). The van der Waals surface area contributed by atoms with Crippen LogP contribution < -0.4 is 5.14 Å². The fourth-order valence-electron chi connectivity index (χ4n) is 1.67. The highest BCUT2D eigenvalue weighted by Crippen LogP contribution is 2.09. The van der Waals surface area contributed by atoms with E-state index in [1.165, 1.54) is 0 Å². The van der Waals surface area contributed by atoms with Crippen molar-refractivity contribution in [2.45, 2.75) is 25.2 Å². The lowest BCUT2D eigenvalue weighted by Crippen LogP contribution is -2.25. The zero-order chi connectivity index (χ0) is 12.9. The normalized spacial score (nSPS) is 12.0. The second-order valence-corrected chi connectivity index (χ2v) is 5.53. The van der Waals surface area contributed by atoms with Crippen LogP contribution in [0.15, 0.2) is 29.2 Å². The van der Waals surface area contributed by atoms with E-state index in [0.29, 0.717) is 0 Å². The van der Waals surface area contributed by atoms with Crippen LogP contribution in [0.25, 0.3) is 0 Å². The molecule has 5 heteroatoms. The van der Waals surface area contributed by atoms with Gasteiger partial charge in [0.25, 0.3) is 0 Å². The summed E-state index contributed by atoms with van der Waals surface area (Å²) >= 11 is 0. The summed E-state index contributed by atoms with van der Waals surface area (Å²) in [6.07, 6.45) is 0.923. The quantitative estimate of drug-likeness (QED) is 0.832. The van der Waals surface area contributed by atoms with Crippen LogP contribution in [0.3, 0.4) is 0 Å². The molecule has 0 amide bonds. The SMILES string of the molecule is CCN(CC)CCc1ccc(S(N)(=O)=O)cc1. The summed E-state index contributed by atoms with van der Waals surface area (Å²) in [7, 11) is -3.57. The van der Waals surface area contributed by atoms with Gasteiger partial charge in [0.05, 0.1) is 4.90 Å². The van der Waals surface area contributed by atoms with Crippen molar-refractivity contribution in [3.05, 3.63) is 29.8 Å². The first-order valence-electron chi connectivity index (χ1n) is 5.81. The molecule has 0 unspecified atom stereocenters. The molecular weight excluding hydrogens is 236 g/mol. The molecule has 17 heavy (non-hydrogen) atoms. The summed E-state index contributed by atoms with van der Waals surface area (Å²) in [5, 5.41) is 5.04. The highest BCUT2D eigenvalue weighted by molar-refractivity contribution is 7.89. The molecule has 4 nitrogen and oxygen atoms in total. The van der Waals surface area contributed by atoms with Crippen molar-refractivity contribution >= 4 is 10.0 Å². The molecular formula is C12H20N2O2S. The van der Waals surface area contributed by atoms with Crippen LogP contribution in [-0.4, -0.2) is 33.0 Å². The van der Waals surface area contributed by atoms with Crippen molar-refractivity contribution in [3.63, 3.8) is 0 Å². The van der Waals surface area contributed by atoms with Crippen molar-refractivity contribution in [2.75, 3.05) is 19.6 Å². The predicted molar refractivity (Wildman–Crippen MR) is 69.3 cm³/mol. The van der Waals surface area contributed by atoms with Crippen LogP contribution in [0.1, 0.15) is 19.4 Å². The van der Waals surface area contributed by atoms with Gasteiger partial charge in [0.1, 0.15) is 0 Å². The smallest absolute Gasteiger partial charge is 0.238 e. The summed E-state index contributed by atoms with van der Waals surface area (Å²) < 4.78 is 22.1. The minimum Gasteiger partial charge on any atom is -0.304 e. The molecule has 1 rings (SSSR count). The number of rotatable bonds is 6. The minimum absolute atomic E-state index is 0.170. The largest absolute Gasteiger partial charge is 0.304 e. The monoisotopic (exact) mass is 256 g/mol. The molecule has 0 radical (unpaired) electrons. The summed E-state index contributed by atoms with van der Waals surface area (Å²) in [6, 6.07) is 6.77. The first-order valence-corrected chi connectivity index (χ1v) is 7.36. The Hall–Kier alpha value is -0.910. The lowest BCUT2D eigenvalue weighted by molar-refractivity contribution is 0.308. The van der Waals surface area contributed by atoms with Gasteiger partial charge in [-0.2, -0.15) is 0 Å². The lowest BCUT2D eigenvalue weighted by Gasteiger charge is -2.17. The van der Waals surface area contributed by atoms with Gasteiger partial charge in [-0.25, -0.2) is 13.6 Å². The molecule has 2 N–H and O–H groups in total. The number of likely N-dealkylation sites (N-methyl/N-ethyl adjacent to an activating group) is 1. The van der Waals surface area contributed by atoms with Crippen molar-refractivity contribution in [3.8, 4) is 0 Å². The Morgan fingerprint density at radius 1 is 1.12 bits per heavy atom. The minimum atomic E-state index is -3.57. The van der Waals surface area contributed by atoms with Gasteiger partial charge in [-0.15, -0.1) is 0 Å². The molecule has 0 aliphatic rings. The third-order valence-corrected chi connectivity index (χ3v) is 3.79. The van der Waals surface area contributed by atoms with E-state index in [2.05, 4.69) is 18.7 Å². The number of nitrogens with zero attached hydrogens (tertiary/aromatic N) is 1. The number of hydrogen-bond acceptors (Lipinski definition) is 3. The lowest BCUT2D eigenvalue weighted by atomic mass is 10.1. The summed E-state index contributed by atoms with van der Waals surface area (Å²) in [5.74, 6) is 0. The van der Waals surface area contributed by atoms with E-state index in [1.54, 1.807) is 12.1 Å². The molecule has 96 valence electrons. The topological polar surface area (TPSA) is 63.4 Å². The van der Waals surface area contributed by atoms with Crippen molar-refractivity contribution < 1.29 is 8.42 Å². The van der Waals surface area contributed by atoms with Crippen LogP contribution in [0.2, 0.25) is 0 Å². The van der Waals surface area contributed by atoms with Gasteiger partial charge in [-0.05, 0) is 37.2 Å². The second kappa shape index (κ2) is 6.14. The van der Waals surface area contributed by atoms with Crippen LogP contribution in [0.5, 0.6) is 0 Å². The van der Waals surface area contributed by atoms with E-state index in [0.717, 1.165) is 31.6 Å². The third kappa shape index (κ3) is 4.46. The van der Waals surface area contributed by atoms with E-state index in [-0.39, 0.29) is 4.90 Å². The first-order chi connectivity index (χ1) is 7.97. The zero-order valence-corrected chi connectivity index (χ0v) is 11.2. The number of primary sulfonamides is 1. The fraction of sp³-hybridized carbons (Fsp3) is 0.500. The zero-order valence-electron chi connectivity index (χ0n) is 10.4. The first kappa shape index (κ1) is 14.2. The van der Waals surface area contributed by atoms with E-state index < -0.39 is 10.0 Å². The number of benzene rings is 1. The summed E-state index contributed by atoms with van der Waals surface area (Å²) in [5.41, 5.74) is 1.13. The highest BCUT2D eigenvalue weighted by atomic mass is 32.2. The third-order valence-electron chi connectivity index (χ3n) is 2.86.